The fourth-order valence-corrected chi connectivity index (χ4v) is 3.87. The Balaban J connectivity index is 0. The SMILES string of the molecule is C.CC(C)(C)CC(c1ccccc1)C(C)(C)C.CCN(CCCN(C)C)CCCN(C)C. The molecule has 0 fully saturated rings. The van der Waals surface area contributed by atoms with Gasteiger partial charge in [0.15, 0.2) is 0 Å². The average Bonchev–Trinajstić information content (AvgIpc) is 2.64. The Morgan fingerprint density at radius 2 is 1.16 bits per heavy atom. The molecule has 1 aromatic carbocycles. The predicted molar refractivity (Wildman–Crippen MR) is 148 cm³/mol. The smallest absolute Gasteiger partial charge is 0.000666 e. The minimum Gasteiger partial charge on any atom is -0.309 e. The Morgan fingerprint density at radius 3 is 1.47 bits per heavy atom. The van der Waals surface area contributed by atoms with E-state index in [0.717, 1.165) is 0 Å². The highest BCUT2D eigenvalue weighted by molar-refractivity contribution is 5.21. The van der Waals surface area contributed by atoms with Crippen LogP contribution in [0.2, 0.25) is 0 Å². The molecule has 0 aromatic heterocycles. The summed E-state index contributed by atoms with van der Waals surface area (Å²) in [6.07, 6.45) is 3.80. The summed E-state index contributed by atoms with van der Waals surface area (Å²) in [5.74, 6) is 0.633. The Bertz CT molecular complexity index is 524. The molecule has 1 rings (SSSR count). The van der Waals surface area contributed by atoms with Crippen LogP contribution in [0.4, 0.5) is 0 Å². The summed E-state index contributed by atoms with van der Waals surface area (Å²) >= 11 is 0. The van der Waals surface area contributed by atoms with E-state index in [9.17, 15) is 0 Å². The molecule has 0 saturated heterocycles. The lowest BCUT2D eigenvalue weighted by Gasteiger charge is -2.36. The van der Waals surface area contributed by atoms with Crippen LogP contribution >= 0.6 is 0 Å². The maximum Gasteiger partial charge on any atom is -0.000666 e. The third-order valence-electron chi connectivity index (χ3n) is 5.67. The van der Waals surface area contributed by atoms with Gasteiger partial charge in [-0.2, -0.15) is 0 Å². The van der Waals surface area contributed by atoms with Gasteiger partial charge >= 0.3 is 0 Å². The molecule has 1 unspecified atom stereocenters. The molecule has 0 aliphatic rings. The van der Waals surface area contributed by atoms with Crippen LogP contribution in [0.15, 0.2) is 30.3 Å². The molecule has 0 bridgehead atoms. The molecule has 0 aliphatic carbocycles. The minimum absolute atomic E-state index is 0. The molecule has 3 nitrogen and oxygen atoms in total. The van der Waals surface area contributed by atoms with E-state index < -0.39 is 0 Å². The zero-order valence-corrected chi connectivity index (χ0v) is 23.0. The van der Waals surface area contributed by atoms with E-state index in [-0.39, 0.29) is 7.43 Å². The molecule has 3 heteroatoms. The largest absolute Gasteiger partial charge is 0.309 e. The molecular weight excluding hydrogens is 390 g/mol. The molecule has 0 heterocycles. The number of benzene rings is 1. The molecule has 0 amide bonds. The lowest BCUT2D eigenvalue weighted by Crippen LogP contribution is -2.30. The van der Waals surface area contributed by atoms with Gasteiger partial charge in [-0.1, -0.05) is 86.2 Å². The number of rotatable bonds is 11. The van der Waals surface area contributed by atoms with Gasteiger partial charge in [-0.25, -0.2) is 0 Å². The second kappa shape index (κ2) is 16.7. The zero-order valence-electron chi connectivity index (χ0n) is 23.0. The van der Waals surface area contributed by atoms with Gasteiger partial charge in [0, 0.05) is 0 Å². The molecule has 0 N–H and O–H groups in total. The maximum atomic E-state index is 2.55. The van der Waals surface area contributed by atoms with E-state index >= 15 is 0 Å². The van der Waals surface area contributed by atoms with Crippen molar-refractivity contribution in [2.75, 3.05) is 60.9 Å². The van der Waals surface area contributed by atoms with E-state index in [2.05, 4.69) is 122 Å². The van der Waals surface area contributed by atoms with Gasteiger partial charge in [0.1, 0.15) is 0 Å². The Morgan fingerprint density at radius 1 is 0.719 bits per heavy atom. The van der Waals surface area contributed by atoms with Crippen LogP contribution in [0.5, 0.6) is 0 Å². The van der Waals surface area contributed by atoms with Crippen molar-refractivity contribution in [2.24, 2.45) is 10.8 Å². The van der Waals surface area contributed by atoms with E-state index in [1.807, 2.05) is 0 Å². The maximum absolute atomic E-state index is 2.55. The molecule has 190 valence electrons. The number of hydrogen-bond acceptors (Lipinski definition) is 3. The van der Waals surface area contributed by atoms with Crippen molar-refractivity contribution < 1.29 is 0 Å². The van der Waals surface area contributed by atoms with Crippen molar-refractivity contribution in [1.29, 1.82) is 0 Å². The van der Waals surface area contributed by atoms with Gasteiger partial charge in [0.05, 0.1) is 0 Å². The van der Waals surface area contributed by atoms with E-state index in [0.29, 0.717) is 16.7 Å². The van der Waals surface area contributed by atoms with Gasteiger partial charge in [-0.05, 0) is 102 Å². The molecule has 0 saturated carbocycles. The molecule has 1 atom stereocenters. The van der Waals surface area contributed by atoms with Gasteiger partial charge in [0.2, 0.25) is 0 Å². The first-order valence-corrected chi connectivity index (χ1v) is 12.3. The molecular formula is C29H59N3. The Kier molecular flexibility index (Phi) is 17.3. The first-order chi connectivity index (χ1) is 14.3. The summed E-state index contributed by atoms with van der Waals surface area (Å²) in [7, 11) is 8.56. The standard InChI is InChI=1S/C16H26.C12H29N3.CH4/c1-15(2,3)12-14(16(4,5)6)13-10-8-7-9-11-13;1-6-15(11-7-9-13(2)3)12-8-10-14(4)5;/h7-11,14H,12H2,1-6H3;6-12H2,1-5H3;1H4. The molecule has 0 radical (unpaired) electrons. The van der Waals surface area contributed by atoms with Crippen LogP contribution in [0, 0.1) is 10.8 Å². The van der Waals surface area contributed by atoms with Crippen LogP contribution in [-0.4, -0.2) is 75.6 Å². The second-order valence-corrected chi connectivity index (χ2v) is 11.8. The fraction of sp³-hybridized carbons (Fsp3) is 0.793. The van der Waals surface area contributed by atoms with E-state index in [1.165, 1.54) is 57.5 Å². The Labute approximate surface area is 203 Å². The summed E-state index contributed by atoms with van der Waals surface area (Å²) in [6, 6.07) is 10.9. The minimum atomic E-state index is 0. The van der Waals surface area contributed by atoms with Crippen molar-refractivity contribution >= 4 is 0 Å². The molecule has 32 heavy (non-hydrogen) atoms. The van der Waals surface area contributed by atoms with E-state index in [4.69, 9.17) is 0 Å². The summed E-state index contributed by atoms with van der Waals surface area (Å²) in [5.41, 5.74) is 2.19. The first kappa shape index (κ1) is 33.3. The van der Waals surface area contributed by atoms with Crippen LogP contribution in [0.3, 0.4) is 0 Å². The highest BCUT2D eigenvalue weighted by Gasteiger charge is 2.29. The second-order valence-electron chi connectivity index (χ2n) is 11.8. The molecule has 0 spiro atoms. The monoisotopic (exact) mass is 449 g/mol. The third kappa shape index (κ3) is 17.6. The molecule has 1 aromatic rings. The number of nitrogens with zero attached hydrogens (tertiary/aromatic N) is 3. The third-order valence-corrected chi connectivity index (χ3v) is 5.67. The van der Waals surface area contributed by atoms with Crippen LogP contribution < -0.4 is 0 Å². The van der Waals surface area contributed by atoms with Gasteiger partial charge in [-0.15, -0.1) is 0 Å². The Hall–Kier alpha value is -0.900. The average molecular weight is 450 g/mol. The van der Waals surface area contributed by atoms with Gasteiger partial charge in [0.25, 0.3) is 0 Å². The lowest BCUT2D eigenvalue weighted by atomic mass is 9.69. The number of hydrogen-bond donors (Lipinski definition) is 0. The van der Waals surface area contributed by atoms with Gasteiger partial charge in [-0.3, -0.25) is 0 Å². The quantitative estimate of drug-likeness (QED) is 0.357. The highest BCUT2D eigenvalue weighted by Crippen LogP contribution is 2.42. The van der Waals surface area contributed by atoms with Crippen LogP contribution in [0.1, 0.15) is 86.6 Å². The topological polar surface area (TPSA) is 9.72 Å². The molecule has 0 aliphatic heterocycles. The fourth-order valence-electron chi connectivity index (χ4n) is 3.87. The summed E-state index contributed by atoms with van der Waals surface area (Å²) in [4.78, 5) is 7.06. The summed E-state index contributed by atoms with van der Waals surface area (Å²) in [5, 5.41) is 0. The van der Waals surface area contributed by atoms with Crippen molar-refractivity contribution in [3.63, 3.8) is 0 Å². The van der Waals surface area contributed by atoms with Crippen molar-refractivity contribution in [2.45, 2.75) is 81.1 Å². The van der Waals surface area contributed by atoms with Crippen molar-refractivity contribution in [3.05, 3.63) is 35.9 Å². The summed E-state index contributed by atoms with van der Waals surface area (Å²) in [6.45, 7) is 22.3. The van der Waals surface area contributed by atoms with Crippen molar-refractivity contribution in [1.82, 2.24) is 14.7 Å². The van der Waals surface area contributed by atoms with E-state index in [1.54, 1.807) is 0 Å². The zero-order chi connectivity index (χ0) is 24.1. The normalized spacial score (nSPS) is 13.1. The van der Waals surface area contributed by atoms with Crippen LogP contribution in [0.25, 0.3) is 0 Å². The van der Waals surface area contributed by atoms with Crippen molar-refractivity contribution in [3.8, 4) is 0 Å². The predicted octanol–water partition coefficient (Wildman–Crippen LogP) is 7.10. The lowest BCUT2D eigenvalue weighted by molar-refractivity contribution is 0.229. The van der Waals surface area contributed by atoms with Crippen LogP contribution in [-0.2, 0) is 0 Å². The summed E-state index contributed by atoms with van der Waals surface area (Å²) < 4.78 is 0. The first-order valence-electron chi connectivity index (χ1n) is 12.3. The van der Waals surface area contributed by atoms with Gasteiger partial charge < -0.3 is 14.7 Å². The highest BCUT2D eigenvalue weighted by atomic mass is 15.1.